The Morgan fingerprint density at radius 3 is 2.62 bits per heavy atom. The molecule has 0 unspecified atom stereocenters. The number of amides is 2. The van der Waals surface area contributed by atoms with Gasteiger partial charge in [0.05, 0.1) is 18.1 Å². The normalized spacial score (nSPS) is 14.9. The van der Waals surface area contributed by atoms with E-state index in [0.29, 0.717) is 17.8 Å². The number of rotatable bonds is 9. The zero-order valence-corrected chi connectivity index (χ0v) is 18.8. The summed E-state index contributed by atoms with van der Waals surface area (Å²) in [6.07, 6.45) is 7.54. The number of thioether (sulfide) groups is 1. The van der Waals surface area contributed by atoms with Crippen molar-refractivity contribution >= 4 is 29.3 Å². The first-order valence-corrected chi connectivity index (χ1v) is 11.6. The molecule has 2 amide bonds. The Hall–Kier alpha value is -3.04. The molecule has 1 saturated heterocycles. The third-order valence-corrected chi connectivity index (χ3v) is 6.51. The SMILES string of the molecule is Cn1ccnc1SCC(=O)Nc1ccc(C(=O)NC[C@@H](c2ccco2)N2CCCC2)cc1. The molecule has 0 aliphatic carbocycles. The summed E-state index contributed by atoms with van der Waals surface area (Å²) in [5.41, 5.74) is 1.20. The molecule has 8 nitrogen and oxygen atoms in total. The van der Waals surface area contributed by atoms with Crippen LogP contribution < -0.4 is 10.6 Å². The van der Waals surface area contributed by atoms with Gasteiger partial charge in [0.15, 0.2) is 5.16 Å². The number of furan rings is 1. The molecule has 4 rings (SSSR count). The highest BCUT2D eigenvalue weighted by molar-refractivity contribution is 7.99. The summed E-state index contributed by atoms with van der Waals surface area (Å²) in [6.45, 7) is 2.50. The van der Waals surface area contributed by atoms with Gasteiger partial charge in [-0.1, -0.05) is 11.8 Å². The monoisotopic (exact) mass is 453 g/mol. The number of carbonyl (C=O) groups is 2. The zero-order valence-electron chi connectivity index (χ0n) is 18.0. The molecule has 0 saturated carbocycles. The van der Waals surface area contributed by atoms with E-state index in [1.807, 2.05) is 29.9 Å². The summed E-state index contributed by atoms with van der Waals surface area (Å²) in [5.74, 6) is 0.859. The highest BCUT2D eigenvalue weighted by atomic mass is 32.2. The van der Waals surface area contributed by atoms with Crippen LogP contribution in [0.15, 0.2) is 64.6 Å². The minimum atomic E-state index is -0.149. The molecule has 0 bridgehead atoms. The molecule has 0 spiro atoms. The van der Waals surface area contributed by atoms with E-state index in [9.17, 15) is 9.59 Å². The molecule has 1 atom stereocenters. The highest BCUT2D eigenvalue weighted by Crippen LogP contribution is 2.25. The van der Waals surface area contributed by atoms with Crippen molar-refractivity contribution in [2.45, 2.75) is 24.0 Å². The van der Waals surface area contributed by atoms with Gasteiger partial charge in [-0.15, -0.1) is 0 Å². The minimum Gasteiger partial charge on any atom is -0.468 e. The van der Waals surface area contributed by atoms with Gasteiger partial charge in [0.2, 0.25) is 5.91 Å². The summed E-state index contributed by atoms with van der Waals surface area (Å²) < 4.78 is 7.48. The number of anilines is 1. The fourth-order valence-electron chi connectivity index (χ4n) is 3.76. The second kappa shape index (κ2) is 10.5. The maximum absolute atomic E-state index is 12.7. The Balaban J connectivity index is 1.28. The van der Waals surface area contributed by atoms with E-state index in [-0.39, 0.29) is 23.6 Å². The van der Waals surface area contributed by atoms with Crippen LogP contribution in [0.4, 0.5) is 5.69 Å². The first-order chi connectivity index (χ1) is 15.6. The maximum Gasteiger partial charge on any atom is 0.251 e. The van der Waals surface area contributed by atoms with Crippen molar-refractivity contribution in [1.82, 2.24) is 19.8 Å². The Morgan fingerprint density at radius 1 is 1.19 bits per heavy atom. The smallest absolute Gasteiger partial charge is 0.251 e. The lowest BCUT2D eigenvalue weighted by atomic mass is 10.1. The van der Waals surface area contributed by atoms with E-state index in [1.54, 1.807) is 36.7 Å². The van der Waals surface area contributed by atoms with Crippen molar-refractivity contribution in [2.75, 3.05) is 30.7 Å². The van der Waals surface area contributed by atoms with Gasteiger partial charge in [0.25, 0.3) is 5.91 Å². The van der Waals surface area contributed by atoms with Gasteiger partial charge in [-0.3, -0.25) is 14.5 Å². The molecule has 2 N–H and O–H groups in total. The summed E-state index contributed by atoms with van der Waals surface area (Å²) in [5, 5.41) is 6.66. The first-order valence-electron chi connectivity index (χ1n) is 10.7. The third kappa shape index (κ3) is 5.60. The summed E-state index contributed by atoms with van der Waals surface area (Å²) >= 11 is 1.37. The van der Waals surface area contributed by atoms with Crippen LogP contribution in [0.5, 0.6) is 0 Å². The molecule has 9 heteroatoms. The largest absolute Gasteiger partial charge is 0.468 e. The van der Waals surface area contributed by atoms with E-state index >= 15 is 0 Å². The van der Waals surface area contributed by atoms with E-state index < -0.39 is 0 Å². The first kappa shape index (κ1) is 22.2. The number of aromatic nitrogens is 2. The average Bonchev–Trinajstić information content (AvgIpc) is 3.57. The van der Waals surface area contributed by atoms with Gasteiger partial charge in [0.1, 0.15) is 5.76 Å². The number of nitrogens with one attached hydrogen (secondary N) is 2. The molecule has 3 heterocycles. The fraction of sp³-hybridized carbons (Fsp3) is 0.348. The standard InChI is InChI=1S/C23H27N5O3S/c1-27-13-10-24-23(27)32-16-21(29)26-18-8-6-17(7-9-18)22(30)25-15-19(20-5-4-14-31-20)28-11-2-3-12-28/h4-10,13-14,19H,2-3,11-12,15-16H2,1H3,(H,25,30)(H,26,29)/t19-/m0/s1. The van der Waals surface area contributed by atoms with Crippen LogP contribution in [0.25, 0.3) is 0 Å². The molecule has 2 aromatic heterocycles. The molecule has 1 aromatic carbocycles. The number of hydrogen-bond acceptors (Lipinski definition) is 6. The highest BCUT2D eigenvalue weighted by Gasteiger charge is 2.26. The Bertz CT molecular complexity index is 1030. The molecule has 1 fully saturated rings. The van der Waals surface area contributed by atoms with Gasteiger partial charge in [-0.2, -0.15) is 0 Å². The van der Waals surface area contributed by atoms with Gasteiger partial charge in [-0.05, 0) is 62.3 Å². The summed E-state index contributed by atoms with van der Waals surface area (Å²) in [6, 6.07) is 10.8. The minimum absolute atomic E-state index is 0.0335. The number of nitrogens with zero attached hydrogens (tertiary/aromatic N) is 3. The molecule has 3 aromatic rings. The number of benzene rings is 1. The fourth-order valence-corrected chi connectivity index (χ4v) is 4.49. The predicted molar refractivity (Wildman–Crippen MR) is 124 cm³/mol. The lowest BCUT2D eigenvalue weighted by Crippen LogP contribution is -2.36. The zero-order chi connectivity index (χ0) is 22.3. The lowest BCUT2D eigenvalue weighted by Gasteiger charge is -2.26. The van der Waals surface area contributed by atoms with Crippen LogP contribution in [0.2, 0.25) is 0 Å². The van der Waals surface area contributed by atoms with E-state index in [2.05, 4.69) is 20.5 Å². The van der Waals surface area contributed by atoms with Crippen molar-refractivity contribution in [3.05, 3.63) is 66.4 Å². The second-order valence-electron chi connectivity index (χ2n) is 7.72. The van der Waals surface area contributed by atoms with Crippen LogP contribution in [0, 0.1) is 0 Å². The van der Waals surface area contributed by atoms with Gasteiger partial charge >= 0.3 is 0 Å². The van der Waals surface area contributed by atoms with Gasteiger partial charge in [0, 0.05) is 37.2 Å². The van der Waals surface area contributed by atoms with Crippen LogP contribution in [0.1, 0.15) is 35.0 Å². The van der Waals surface area contributed by atoms with Crippen molar-refractivity contribution in [2.24, 2.45) is 7.05 Å². The predicted octanol–water partition coefficient (Wildman–Crippen LogP) is 3.31. The van der Waals surface area contributed by atoms with Crippen molar-refractivity contribution in [3.63, 3.8) is 0 Å². The van der Waals surface area contributed by atoms with Crippen LogP contribution in [-0.2, 0) is 11.8 Å². The number of hydrogen-bond donors (Lipinski definition) is 2. The third-order valence-electron chi connectivity index (χ3n) is 5.45. The molecular formula is C23H27N5O3S. The number of imidazole rings is 1. The van der Waals surface area contributed by atoms with E-state index in [0.717, 1.165) is 24.0 Å². The number of carbonyl (C=O) groups excluding carboxylic acids is 2. The Labute approximate surface area is 191 Å². The Morgan fingerprint density at radius 2 is 1.97 bits per heavy atom. The number of likely N-dealkylation sites (tertiary alicyclic amines) is 1. The van der Waals surface area contributed by atoms with Gasteiger partial charge in [-0.25, -0.2) is 4.98 Å². The van der Waals surface area contributed by atoms with E-state index in [1.165, 1.54) is 24.6 Å². The number of aryl methyl sites for hydroxylation is 1. The molecular weight excluding hydrogens is 426 g/mol. The Kier molecular flexibility index (Phi) is 7.28. The topological polar surface area (TPSA) is 92.4 Å². The van der Waals surface area contributed by atoms with Crippen LogP contribution in [-0.4, -0.2) is 51.7 Å². The van der Waals surface area contributed by atoms with Crippen LogP contribution >= 0.6 is 11.8 Å². The molecule has 0 radical (unpaired) electrons. The molecule has 1 aliphatic heterocycles. The van der Waals surface area contributed by atoms with Crippen LogP contribution in [0.3, 0.4) is 0 Å². The molecule has 168 valence electrons. The molecule has 32 heavy (non-hydrogen) atoms. The molecule has 1 aliphatic rings. The van der Waals surface area contributed by atoms with Crippen molar-refractivity contribution in [3.8, 4) is 0 Å². The maximum atomic E-state index is 12.7. The van der Waals surface area contributed by atoms with Crippen molar-refractivity contribution < 1.29 is 14.0 Å². The second-order valence-corrected chi connectivity index (χ2v) is 8.66. The summed E-state index contributed by atoms with van der Waals surface area (Å²) in [4.78, 5) is 31.4. The summed E-state index contributed by atoms with van der Waals surface area (Å²) in [7, 11) is 1.89. The quantitative estimate of drug-likeness (QED) is 0.483. The lowest BCUT2D eigenvalue weighted by molar-refractivity contribution is -0.113. The van der Waals surface area contributed by atoms with Gasteiger partial charge < -0.3 is 19.6 Å². The van der Waals surface area contributed by atoms with E-state index in [4.69, 9.17) is 4.42 Å². The van der Waals surface area contributed by atoms with Crippen molar-refractivity contribution in [1.29, 1.82) is 0 Å². The average molecular weight is 454 g/mol.